The van der Waals surface area contributed by atoms with Crippen molar-refractivity contribution in [3.63, 3.8) is 0 Å². The van der Waals surface area contributed by atoms with Crippen LogP contribution >= 0.6 is 0 Å². The fourth-order valence-corrected chi connectivity index (χ4v) is 3.01. The van der Waals surface area contributed by atoms with Crippen molar-refractivity contribution < 1.29 is 4.79 Å². The van der Waals surface area contributed by atoms with Gasteiger partial charge in [-0.25, -0.2) is 0 Å². The number of hydrogen-bond acceptors (Lipinski definition) is 1. The molecule has 0 aliphatic heterocycles. The standard InChI is InChI=1S/C11H18O/c1-4-7-5-8-6-9(10(7)12)11(8,2)3/h7-9H,4-6H2,1-3H3. The molecule has 3 fully saturated rings. The number of carbonyl (C=O) groups excluding carboxylic acids is 1. The number of carbonyl (C=O) groups is 1. The molecule has 1 heteroatoms. The van der Waals surface area contributed by atoms with Crippen LogP contribution in [-0.2, 0) is 4.79 Å². The van der Waals surface area contributed by atoms with Crippen LogP contribution in [0.5, 0.6) is 0 Å². The Balaban J connectivity index is 2.17. The molecule has 3 unspecified atom stereocenters. The van der Waals surface area contributed by atoms with Gasteiger partial charge in [0.05, 0.1) is 0 Å². The highest BCUT2D eigenvalue weighted by Gasteiger charge is 2.56. The molecular formula is C11H18O. The Morgan fingerprint density at radius 1 is 1.42 bits per heavy atom. The predicted molar refractivity (Wildman–Crippen MR) is 48.8 cm³/mol. The average molecular weight is 166 g/mol. The average Bonchev–Trinajstić information content (AvgIpc) is 2.03. The maximum absolute atomic E-state index is 11.8. The Morgan fingerprint density at radius 3 is 2.50 bits per heavy atom. The first-order chi connectivity index (χ1) is 5.57. The fraction of sp³-hybridized carbons (Fsp3) is 0.909. The molecule has 68 valence electrons. The summed E-state index contributed by atoms with van der Waals surface area (Å²) >= 11 is 0. The van der Waals surface area contributed by atoms with Gasteiger partial charge in [-0.2, -0.15) is 0 Å². The van der Waals surface area contributed by atoms with Gasteiger partial charge in [0.1, 0.15) is 5.78 Å². The quantitative estimate of drug-likeness (QED) is 0.585. The minimum atomic E-state index is 0.336. The highest BCUT2D eigenvalue weighted by atomic mass is 16.1. The van der Waals surface area contributed by atoms with Crippen LogP contribution < -0.4 is 0 Å². The normalized spacial score (nSPS) is 43.9. The summed E-state index contributed by atoms with van der Waals surface area (Å²) in [5.74, 6) is 2.21. The number of fused-ring (bicyclic) bond motifs is 2. The minimum Gasteiger partial charge on any atom is -0.299 e. The van der Waals surface area contributed by atoms with Crippen LogP contribution in [0.3, 0.4) is 0 Å². The fourth-order valence-electron chi connectivity index (χ4n) is 3.01. The molecule has 0 N–H and O–H groups in total. The Hall–Kier alpha value is -0.330. The molecule has 0 amide bonds. The number of ketones is 1. The van der Waals surface area contributed by atoms with E-state index < -0.39 is 0 Å². The van der Waals surface area contributed by atoms with E-state index in [2.05, 4.69) is 20.8 Å². The molecule has 2 bridgehead atoms. The van der Waals surface area contributed by atoms with Crippen LogP contribution in [0.15, 0.2) is 0 Å². The monoisotopic (exact) mass is 166 g/mol. The van der Waals surface area contributed by atoms with E-state index in [4.69, 9.17) is 0 Å². The van der Waals surface area contributed by atoms with Crippen molar-refractivity contribution in [1.82, 2.24) is 0 Å². The van der Waals surface area contributed by atoms with Crippen LogP contribution in [0.25, 0.3) is 0 Å². The summed E-state index contributed by atoms with van der Waals surface area (Å²) in [6, 6.07) is 0. The second-order valence-electron chi connectivity index (χ2n) is 5.05. The van der Waals surface area contributed by atoms with Gasteiger partial charge < -0.3 is 0 Å². The van der Waals surface area contributed by atoms with Crippen molar-refractivity contribution in [3.8, 4) is 0 Å². The molecule has 3 atom stereocenters. The lowest BCUT2D eigenvalue weighted by atomic mass is 9.46. The smallest absolute Gasteiger partial charge is 0.139 e. The largest absolute Gasteiger partial charge is 0.299 e. The third kappa shape index (κ3) is 0.826. The van der Waals surface area contributed by atoms with E-state index in [-0.39, 0.29) is 0 Å². The molecule has 12 heavy (non-hydrogen) atoms. The molecule has 3 aliphatic rings. The zero-order valence-corrected chi connectivity index (χ0v) is 8.26. The molecule has 0 spiro atoms. The summed E-state index contributed by atoms with van der Waals surface area (Å²) in [4.78, 5) is 11.8. The zero-order valence-electron chi connectivity index (χ0n) is 8.26. The second kappa shape index (κ2) is 2.34. The van der Waals surface area contributed by atoms with Gasteiger partial charge in [-0.1, -0.05) is 20.8 Å². The third-order valence-electron chi connectivity index (χ3n) is 4.28. The Morgan fingerprint density at radius 2 is 2.08 bits per heavy atom. The van der Waals surface area contributed by atoms with Crippen molar-refractivity contribution in [3.05, 3.63) is 0 Å². The molecule has 0 radical (unpaired) electrons. The number of Topliss-reactive ketones (excluding diaryl/α,β-unsaturated/α-hetero) is 1. The molecule has 3 saturated carbocycles. The van der Waals surface area contributed by atoms with Crippen LogP contribution in [-0.4, -0.2) is 5.78 Å². The lowest BCUT2D eigenvalue weighted by Crippen LogP contribution is -2.56. The summed E-state index contributed by atoms with van der Waals surface area (Å²) in [5, 5.41) is 0. The lowest BCUT2D eigenvalue weighted by Gasteiger charge is -2.57. The SMILES string of the molecule is CCC1CC2CC(C1=O)C2(C)C. The van der Waals surface area contributed by atoms with Gasteiger partial charge in [-0.15, -0.1) is 0 Å². The molecule has 0 saturated heterocycles. The summed E-state index contributed by atoms with van der Waals surface area (Å²) in [7, 11) is 0. The van der Waals surface area contributed by atoms with Crippen molar-refractivity contribution in [2.75, 3.05) is 0 Å². The van der Waals surface area contributed by atoms with Gasteiger partial charge in [0.2, 0.25) is 0 Å². The molecule has 3 rings (SSSR count). The first kappa shape index (κ1) is 8.28. The maximum atomic E-state index is 11.8. The summed E-state index contributed by atoms with van der Waals surface area (Å²) in [6.45, 7) is 6.66. The van der Waals surface area contributed by atoms with Gasteiger partial charge in [0, 0.05) is 11.8 Å². The van der Waals surface area contributed by atoms with Crippen molar-refractivity contribution in [2.45, 2.75) is 40.0 Å². The molecule has 1 nitrogen and oxygen atoms in total. The lowest BCUT2D eigenvalue weighted by molar-refractivity contribution is -0.156. The highest BCUT2D eigenvalue weighted by molar-refractivity contribution is 5.86. The Bertz CT molecular complexity index is 217. The predicted octanol–water partition coefficient (Wildman–Crippen LogP) is 2.65. The van der Waals surface area contributed by atoms with Crippen LogP contribution in [0.4, 0.5) is 0 Å². The van der Waals surface area contributed by atoms with Crippen LogP contribution in [0.1, 0.15) is 40.0 Å². The molecule has 0 aromatic carbocycles. The molecule has 0 aromatic heterocycles. The van der Waals surface area contributed by atoms with E-state index in [1.807, 2.05) is 0 Å². The van der Waals surface area contributed by atoms with Gasteiger partial charge >= 0.3 is 0 Å². The first-order valence-corrected chi connectivity index (χ1v) is 5.11. The van der Waals surface area contributed by atoms with E-state index in [1.165, 1.54) is 12.8 Å². The second-order valence-corrected chi connectivity index (χ2v) is 5.05. The zero-order chi connectivity index (χ0) is 8.93. The van der Waals surface area contributed by atoms with E-state index in [9.17, 15) is 4.79 Å². The maximum Gasteiger partial charge on any atom is 0.139 e. The van der Waals surface area contributed by atoms with Crippen molar-refractivity contribution in [1.29, 1.82) is 0 Å². The van der Waals surface area contributed by atoms with E-state index in [1.54, 1.807) is 0 Å². The van der Waals surface area contributed by atoms with Gasteiger partial charge in [0.25, 0.3) is 0 Å². The molecule has 0 aromatic rings. The van der Waals surface area contributed by atoms with Gasteiger partial charge in [0.15, 0.2) is 0 Å². The third-order valence-corrected chi connectivity index (χ3v) is 4.28. The number of rotatable bonds is 1. The van der Waals surface area contributed by atoms with E-state index in [0.717, 1.165) is 12.3 Å². The van der Waals surface area contributed by atoms with Crippen molar-refractivity contribution >= 4 is 5.78 Å². The summed E-state index contributed by atoms with van der Waals surface area (Å²) in [5.41, 5.74) is 0.336. The van der Waals surface area contributed by atoms with Gasteiger partial charge in [-0.05, 0) is 30.6 Å². The van der Waals surface area contributed by atoms with Gasteiger partial charge in [-0.3, -0.25) is 4.79 Å². The van der Waals surface area contributed by atoms with E-state index >= 15 is 0 Å². The Kier molecular flexibility index (Phi) is 1.61. The van der Waals surface area contributed by atoms with Crippen LogP contribution in [0.2, 0.25) is 0 Å². The summed E-state index contributed by atoms with van der Waals surface area (Å²) < 4.78 is 0. The molecule has 3 aliphatic carbocycles. The summed E-state index contributed by atoms with van der Waals surface area (Å²) in [6.07, 6.45) is 3.41. The number of hydrogen-bond donors (Lipinski definition) is 0. The highest BCUT2D eigenvalue weighted by Crippen LogP contribution is 2.59. The molecular weight excluding hydrogens is 148 g/mol. The molecule has 0 heterocycles. The Labute approximate surface area is 74.5 Å². The first-order valence-electron chi connectivity index (χ1n) is 5.11. The van der Waals surface area contributed by atoms with Crippen molar-refractivity contribution in [2.24, 2.45) is 23.2 Å². The minimum absolute atomic E-state index is 0.336. The van der Waals surface area contributed by atoms with E-state index in [0.29, 0.717) is 23.0 Å². The topological polar surface area (TPSA) is 17.1 Å². The van der Waals surface area contributed by atoms with Crippen LogP contribution in [0, 0.1) is 23.2 Å².